The summed E-state index contributed by atoms with van der Waals surface area (Å²) in [4.78, 5) is 76.6. The third kappa shape index (κ3) is 9.55. The Balaban J connectivity index is 1.90. The van der Waals surface area contributed by atoms with Gasteiger partial charge in [-0.05, 0) is 35.7 Å². The average molecular weight is 612 g/mol. The number of aromatic nitrogens is 1. The van der Waals surface area contributed by atoms with Crippen LogP contribution in [0.5, 0.6) is 5.75 Å². The fourth-order valence-corrected chi connectivity index (χ4v) is 4.44. The largest absolute Gasteiger partial charge is 0.508 e. The first-order valence-corrected chi connectivity index (χ1v) is 13.5. The summed E-state index contributed by atoms with van der Waals surface area (Å²) in [5, 5.41) is 45.1. The molecule has 4 unspecified atom stereocenters. The lowest BCUT2D eigenvalue weighted by Crippen LogP contribution is -2.58. The number of nitrogens with two attached hydrogens (primary N) is 1. The summed E-state index contributed by atoms with van der Waals surface area (Å²) in [6.07, 6.45) is -0.292. The van der Waals surface area contributed by atoms with E-state index in [4.69, 9.17) is 15.9 Å². The number of carboxylic acid groups (broad SMARTS) is 3. The van der Waals surface area contributed by atoms with Crippen LogP contribution in [0.2, 0.25) is 0 Å². The molecule has 2 aromatic carbocycles. The van der Waals surface area contributed by atoms with E-state index in [0.29, 0.717) is 11.1 Å². The van der Waals surface area contributed by atoms with Gasteiger partial charge < -0.3 is 47.1 Å². The van der Waals surface area contributed by atoms with Gasteiger partial charge >= 0.3 is 17.9 Å². The van der Waals surface area contributed by atoms with Gasteiger partial charge in [0, 0.05) is 36.4 Å². The molecule has 0 bridgehead atoms. The first-order valence-electron chi connectivity index (χ1n) is 13.5. The van der Waals surface area contributed by atoms with Crippen molar-refractivity contribution in [3.63, 3.8) is 0 Å². The van der Waals surface area contributed by atoms with Crippen LogP contribution in [0.15, 0.2) is 54.7 Å². The molecule has 0 aliphatic heterocycles. The van der Waals surface area contributed by atoms with Crippen molar-refractivity contribution in [3.05, 3.63) is 65.9 Å². The van der Waals surface area contributed by atoms with Crippen LogP contribution in [-0.4, -0.2) is 85.2 Å². The van der Waals surface area contributed by atoms with Gasteiger partial charge in [0.2, 0.25) is 17.7 Å². The van der Waals surface area contributed by atoms with Gasteiger partial charge in [0.1, 0.15) is 23.9 Å². The zero-order chi connectivity index (χ0) is 32.4. The van der Waals surface area contributed by atoms with Gasteiger partial charge in [-0.1, -0.05) is 30.3 Å². The van der Waals surface area contributed by atoms with E-state index in [2.05, 4.69) is 20.9 Å². The molecule has 1 aromatic heterocycles. The number of fused-ring (bicyclic) bond motifs is 1. The topological polar surface area (TPSA) is 261 Å². The second kappa shape index (κ2) is 15.2. The van der Waals surface area contributed by atoms with Gasteiger partial charge in [0.25, 0.3) is 0 Å². The number of hydrogen-bond donors (Lipinski definition) is 9. The highest BCUT2D eigenvalue weighted by Gasteiger charge is 2.31. The van der Waals surface area contributed by atoms with E-state index in [1.807, 2.05) is 0 Å². The Morgan fingerprint density at radius 1 is 0.750 bits per heavy atom. The fraction of sp³-hybridized carbons (Fsp3) is 0.310. The quantitative estimate of drug-likeness (QED) is 0.103. The monoisotopic (exact) mass is 611 g/mol. The molecule has 44 heavy (non-hydrogen) atoms. The van der Waals surface area contributed by atoms with Crippen LogP contribution in [0.3, 0.4) is 0 Å². The van der Waals surface area contributed by atoms with Gasteiger partial charge in [-0.2, -0.15) is 0 Å². The van der Waals surface area contributed by atoms with E-state index in [0.717, 1.165) is 10.9 Å². The Kier molecular flexibility index (Phi) is 11.4. The third-order valence-electron chi connectivity index (χ3n) is 6.73. The van der Waals surface area contributed by atoms with E-state index in [-0.39, 0.29) is 18.6 Å². The summed E-state index contributed by atoms with van der Waals surface area (Å²) in [5.74, 6) is -6.86. The Morgan fingerprint density at radius 3 is 1.95 bits per heavy atom. The predicted molar refractivity (Wildman–Crippen MR) is 154 cm³/mol. The average Bonchev–Trinajstić information content (AvgIpc) is 3.37. The summed E-state index contributed by atoms with van der Waals surface area (Å²) >= 11 is 0. The number of carboxylic acids is 3. The molecule has 0 fully saturated rings. The van der Waals surface area contributed by atoms with Crippen LogP contribution in [-0.2, 0) is 41.6 Å². The number of benzene rings is 2. The first-order chi connectivity index (χ1) is 20.8. The number of rotatable bonds is 16. The van der Waals surface area contributed by atoms with Crippen molar-refractivity contribution in [2.75, 3.05) is 0 Å². The van der Waals surface area contributed by atoms with Crippen molar-refractivity contribution in [1.29, 1.82) is 0 Å². The number of hydrogen-bond acceptors (Lipinski definition) is 8. The molecule has 4 atom stereocenters. The number of nitrogens with one attached hydrogen (secondary N) is 4. The lowest BCUT2D eigenvalue weighted by atomic mass is 10.0. The van der Waals surface area contributed by atoms with Crippen LogP contribution >= 0.6 is 0 Å². The molecule has 0 aliphatic carbocycles. The molecule has 10 N–H and O–H groups in total. The van der Waals surface area contributed by atoms with Crippen molar-refractivity contribution in [2.45, 2.75) is 56.3 Å². The molecule has 15 heteroatoms. The summed E-state index contributed by atoms with van der Waals surface area (Å²) in [6.45, 7) is 0. The van der Waals surface area contributed by atoms with Gasteiger partial charge in [-0.15, -0.1) is 0 Å². The lowest BCUT2D eigenvalue weighted by Gasteiger charge is -2.25. The Labute approximate surface area is 250 Å². The number of phenolic OH excluding ortho intramolecular Hbond substituents is 1. The minimum absolute atomic E-state index is 0.0578. The van der Waals surface area contributed by atoms with E-state index >= 15 is 0 Å². The van der Waals surface area contributed by atoms with Crippen molar-refractivity contribution < 1.29 is 49.2 Å². The van der Waals surface area contributed by atoms with E-state index in [9.17, 15) is 39.0 Å². The van der Waals surface area contributed by atoms with Crippen molar-refractivity contribution in [2.24, 2.45) is 5.73 Å². The van der Waals surface area contributed by atoms with Crippen molar-refractivity contribution in [3.8, 4) is 5.75 Å². The molecule has 0 aliphatic rings. The van der Waals surface area contributed by atoms with Gasteiger partial charge in [-0.3, -0.25) is 24.0 Å². The number of aromatic amines is 1. The van der Waals surface area contributed by atoms with Crippen LogP contribution in [0.25, 0.3) is 10.9 Å². The molecular formula is C29H33N5O10. The number of phenols is 1. The Hall–Kier alpha value is -5.44. The van der Waals surface area contributed by atoms with Crippen LogP contribution in [0.1, 0.15) is 30.4 Å². The molecule has 15 nitrogen and oxygen atoms in total. The van der Waals surface area contributed by atoms with Gasteiger partial charge in [0.15, 0.2) is 0 Å². The molecule has 1 heterocycles. The first kappa shape index (κ1) is 33.1. The molecule has 0 radical (unpaired) electrons. The highest BCUT2D eigenvalue weighted by molar-refractivity contribution is 5.95. The zero-order valence-electron chi connectivity index (χ0n) is 23.4. The molecular weight excluding hydrogens is 578 g/mol. The SMILES string of the molecule is NC(CC(=O)O)C(=O)NC(Cc1c[nH]c2ccccc12)C(=O)NC(Cc1ccc(O)cc1)C(=O)NC(CCC(=O)O)C(=O)O. The molecule has 3 rings (SSSR count). The number of aromatic hydroxyl groups is 1. The number of carbonyl (C=O) groups is 6. The summed E-state index contributed by atoms with van der Waals surface area (Å²) < 4.78 is 0. The van der Waals surface area contributed by atoms with Crippen molar-refractivity contribution in [1.82, 2.24) is 20.9 Å². The third-order valence-corrected chi connectivity index (χ3v) is 6.73. The molecule has 0 saturated heterocycles. The van der Waals surface area contributed by atoms with Crippen LogP contribution < -0.4 is 21.7 Å². The van der Waals surface area contributed by atoms with E-state index in [1.54, 1.807) is 30.5 Å². The number of aliphatic carboxylic acids is 3. The highest BCUT2D eigenvalue weighted by atomic mass is 16.4. The number of H-pyrrole nitrogens is 1. The number of carbonyl (C=O) groups excluding carboxylic acids is 3. The molecule has 0 spiro atoms. The number of para-hydroxylation sites is 1. The summed E-state index contributed by atoms with van der Waals surface area (Å²) in [7, 11) is 0. The van der Waals surface area contributed by atoms with Gasteiger partial charge in [-0.25, -0.2) is 4.79 Å². The summed E-state index contributed by atoms with van der Waals surface area (Å²) in [5.41, 5.74) is 7.56. The van der Waals surface area contributed by atoms with E-state index in [1.165, 1.54) is 24.3 Å². The molecule has 3 aromatic rings. The van der Waals surface area contributed by atoms with Crippen LogP contribution in [0, 0.1) is 0 Å². The minimum Gasteiger partial charge on any atom is -0.508 e. The number of amides is 3. The maximum atomic E-state index is 13.7. The lowest BCUT2D eigenvalue weighted by molar-refractivity contribution is -0.143. The second-order valence-corrected chi connectivity index (χ2v) is 10.1. The maximum absolute atomic E-state index is 13.7. The van der Waals surface area contributed by atoms with Crippen LogP contribution in [0.4, 0.5) is 0 Å². The Bertz CT molecular complexity index is 1520. The fourth-order valence-electron chi connectivity index (χ4n) is 4.44. The molecule has 0 saturated carbocycles. The predicted octanol–water partition coefficient (Wildman–Crippen LogP) is -0.135. The smallest absolute Gasteiger partial charge is 0.326 e. The second-order valence-electron chi connectivity index (χ2n) is 10.1. The normalized spacial score (nSPS) is 13.7. The van der Waals surface area contributed by atoms with Crippen molar-refractivity contribution >= 4 is 46.5 Å². The Morgan fingerprint density at radius 2 is 1.34 bits per heavy atom. The summed E-state index contributed by atoms with van der Waals surface area (Å²) in [6, 6.07) is 7.02. The minimum atomic E-state index is -1.58. The standard InChI is InChI=1S/C29H33N5O10/c30-19(13-25(38)39)26(40)33-23(12-16-14-31-20-4-2-1-3-18(16)20)28(42)34-22(11-15-5-7-17(35)8-6-15)27(41)32-21(29(43)44)9-10-24(36)37/h1-8,14,19,21-23,31,35H,9-13,30H2,(H,32,41)(H,33,40)(H,34,42)(H,36,37)(H,38,39)(H,43,44). The molecule has 3 amide bonds. The zero-order valence-corrected chi connectivity index (χ0v) is 23.4. The molecule has 234 valence electrons. The van der Waals surface area contributed by atoms with Gasteiger partial charge in [0.05, 0.1) is 12.5 Å². The highest BCUT2D eigenvalue weighted by Crippen LogP contribution is 2.20. The van der Waals surface area contributed by atoms with E-state index < -0.39 is 79.1 Å². The maximum Gasteiger partial charge on any atom is 0.326 e.